The average molecular weight is 262 g/mol. The Kier molecular flexibility index (Phi) is 2.24. The van der Waals surface area contributed by atoms with Crippen molar-refractivity contribution in [2.24, 2.45) is 7.05 Å². The first kappa shape index (κ1) is 11.3. The molecule has 0 amide bonds. The summed E-state index contributed by atoms with van der Waals surface area (Å²) in [5.74, 6) is 0.937. The van der Waals surface area contributed by atoms with Crippen LogP contribution in [0.2, 0.25) is 0 Å². The molecule has 0 bridgehead atoms. The zero-order valence-electron chi connectivity index (χ0n) is 11.4. The zero-order chi connectivity index (χ0) is 13.7. The van der Waals surface area contributed by atoms with E-state index >= 15 is 0 Å². The number of furan rings is 1. The van der Waals surface area contributed by atoms with Gasteiger partial charge in [0.15, 0.2) is 0 Å². The van der Waals surface area contributed by atoms with E-state index in [4.69, 9.17) is 4.42 Å². The largest absolute Gasteiger partial charge is 0.455 e. The van der Waals surface area contributed by atoms with E-state index in [1.165, 1.54) is 5.56 Å². The van der Waals surface area contributed by atoms with E-state index < -0.39 is 0 Å². The van der Waals surface area contributed by atoms with E-state index in [0.29, 0.717) is 0 Å². The Morgan fingerprint density at radius 3 is 2.70 bits per heavy atom. The van der Waals surface area contributed by atoms with Crippen LogP contribution in [0.25, 0.3) is 33.3 Å². The molecule has 0 unspecified atom stereocenters. The molecule has 4 rings (SSSR count). The SMILES string of the molecule is Cc1ccc2c(oc3ccccc32)c1-c1nccn1C. The molecule has 20 heavy (non-hydrogen) atoms. The Labute approximate surface area is 116 Å². The maximum absolute atomic E-state index is 6.09. The highest BCUT2D eigenvalue weighted by atomic mass is 16.3. The van der Waals surface area contributed by atoms with Crippen molar-refractivity contribution >= 4 is 21.9 Å². The molecule has 0 aliphatic carbocycles. The van der Waals surface area contributed by atoms with Gasteiger partial charge in [-0.25, -0.2) is 4.98 Å². The number of imidazole rings is 1. The fourth-order valence-corrected chi connectivity index (χ4v) is 2.77. The predicted molar refractivity (Wildman–Crippen MR) is 80.7 cm³/mol. The third kappa shape index (κ3) is 1.43. The highest BCUT2D eigenvalue weighted by molar-refractivity contribution is 6.09. The van der Waals surface area contributed by atoms with Crippen LogP contribution in [0, 0.1) is 6.92 Å². The van der Waals surface area contributed by atoms with E-state index in [1.54, 1.807) is 0 Å². The number of fused-ring (bicyclic) bond motifs is 3. The van der Waals surface area contributed by atoms with Gasteiger partial charge in [-0.3, -0.25) is 0 Å². The molecule has 3 heteroatoms. The van der Waals surface area contributed by atoms with Gasteiger partial charge in [0.1, 0.15) is 17.0 Å². The van der Waals surface area contributed by atoms with Gasteiger partial charge in [-0.15, -0.1) is 0 Å². The van der Waals surface area contributed by atoms with E-state index in [-0.39, 0.29) is 0 Å². The van der Waals surface area contributed by atoms with Gasteiger partial charge < -0.3 is 8.98 Å². The number of para-hydroxylation sites is 1. The van der Waals surface area contributed by atoms with Crippen LogP contribution in [-0.2, 0) is 7.05 Å². The molecule has 4 aromatic rings. The maximum Gasteiger partial charge on any atom is 0.146 e. The number of nitrogens with zero attached hydrogens (tertiary/aromatic N) is 2. The van der Waals surface area contributed by atoms with Gasteiger partial charge in [-0.05, 0) is 18.6 Å². The van der Waals surface area contributed by atoms with Crippen LogP contribution < -0.4 is 0 Å². The smallest absolute Gasteiger partial charge is 0.146 e. The van der Waals surface area contributed by atoms with Crippen LogP contribution in [0.1, 0.15) is 5.56 Å². The number of aromatic nitrogens is 2. The number of hydrogen-bond acceptors (Lipinski definition) is 2. The Hall–Kier alpha value is -2.55. The van der Waals surface area contributed by atoms with Crippen LogP contribution >= 0.6 is 0 Å². The maximum atomic E-state index is 6.09. The molecular formula is C17H14N2O. The zero-order valence-corrected chi connectivity index (χ0v) is 11.4. The van der Waals surface area contributed by atoms with Crippen molar-refractivity contribution in [3.63, 3.8) is 0 Å². The number of aryl methyl sites for hydroxylation is 2. The standard InChI is InChI=1S/C17H14N2O/c1-11-7-8-13-12-5-3-4-6-14(12)20-16(13)15(11)17-18-9-10-19(17)2/h3-10H,1-2H3. The van der Waals surface area contributed by atoms with Crippen molar-refractivity contribution < 1.29 is 4.42 Å². The van der Waals surface area contributed by atoms with Crippen molar-refractivity contribution in [1.82, 2.24) is 9.55 Å². The molecule has 0 N–H and O–H groups in total. The first-order valence-corrected chi connectivity index (χ1v) is 6.64. The minimum Gasteiger partial charge on any atom is -0.455 e. The topological polar surface area (TPSA) is 31.0 Å². The lowest BCUT2D eigenvalue weighted by Crippen LogP contribution is -1.94. The highest BCUT2D eigenvalue weighted by Gasteiger charge is 2.16. The van der Waals surface area contributed by atoms with Gasteiger partial charge in [0.05, 0.1) is 5.56 Å². The van der Waals surface area contributed by atoms with Crippen LogP contribution in [-0.4, -0.2) is 9.55 Å². The second-order valence-electron chi connectivity index (χ2n) is 5.09. The minimum atomic E-state index is 0.917. The molecule has 0 radical (unpaired) electrons. The molecule has 2 heterocycles. The molecule has 3 nitrogen and oxygen atoms in total. The molecule has 98 valence electrons. The summed E-state index contributed by atoms with van der Waals surface area (Å²) in [6.45, 7) is 2.09. The summed E-state index contributed by atoms with van der Waals surface area (Å²) in [5.41, 5.74) is 4.08. The summed E-state index contributed by atoms with van der Waals surface area (Å²) in [7, 11) is 2.00. The Bertz CT molecular complexity index is 931. The highest BCUT2D eigenvalue weighted by Crippen LogP contribution is 2.36. The van der Waals surface area contributed by atoms with Crippen molar-refractivity contribution in [2.45, 2.75) is 6.92 Å². The predicted octanol–water partition coefficient (Wildman–Crippen LogP) is 4.29. The minimum absolute atomic E-state index is 0.917. The van der Waals surface area contributed by atoms with Crippen molar-refractivity contribution in [3.8, 4) is 11.4 Å². The van der Waals surface area contributed by atoms with Gasteiger partial charge in [-0.2, -0.15) is 0 Å². The summed E-state index contributed by atoms with van der Waals surface area (Å²) < 4.78 is 8.11. The lowest BCUT2D eigenvalue weighted by atomic mass is 10.0. The van der Waals surface area contributed by atoms with Crippen LogP contribution in [0.4, 0.5) is 0 Å². The third-order valence-electron chi connectivity index (χ3n) is 3.80. The molecule has 0 saturated carbocycles. The van der Waals surface area contributed by atoms with E-state index in [9.17, 15) is 0 Å². The van der Waals surface area contributed by atoms with Crippen molar-refractivity contribution in [3.05, 3.63) is 54.4 Å². The number of rotatable bonds is 1. The number of benzene rings is 2. The average Bonchev–Trinajstić information content (AvgIpc) is 3.02. The molecule has 2 aromatic carbocycles. The molecule has 0 fully saturated rings. The lowest BCUT2D eigenvalue weighted by molar-refractivity contribution is 0.668. The first-order chi connectivity index (χ1) is 9.75. The summed E-state index contributed by atoms with van der Waals surface area (Å²) in [4.78, 5) is 4.47. The fraction of sp³-hybridized carbons (Fsp3) is 0.118. The van der Waals surface area contributed by atoms with Gasteiger partial charge in [0, 0.05) is 30.2 Å². The second kappa shape index (κ2) is 3.97. The Balaban J connectivity index is 2.19. The van der Waals surface area contributed by atoms with Crippen molar-refractivity contribution in [1.29, 1.82) is 0 Å². The molecule has 0 atom stereocenters. The summed E-state index contributed by atoms with van der Waals surface area (Å²) in [5, 5.41) is 2.29. The summed E-state index contributed by atoms with van der Waals surface area (Å²) >= 11 is 0. The molecule has 0 spiro atoms. The molecule has 0 aliphatic heterocycles. The van der Waals surface area contributed by atoms with Crippen LogP contribution in [0.15, 0.2) is 53.2 Å². The van der Waals surface area contributed by atoms with Crippen molar-refractivity contribution in [2.75, 3.05) is 0 Å². The lowest BCUT2D eigenvalue weighted by Gasteiger charge is -2.06. The van der Waals surface area contributed by atoms with E-state index in [0.717, 1.165) is 33.3 Å². The van der Waals surface area contributed by atoms with Gasteiger partial charge in [-0.1, -0.05) is 30.3 Å². The normalized spacial score (nSPS) is 11.5. The molecule has 0 aliphatic rings. The van der Waals surface area contributed by atoms with Gasteiger partial charge in [0.2, 0.25) is 0 Å². The molecular weight excluding hydrogens is 248 g/mol. The fourth-order valence-electron chi connectivity index (χ4n) is 2.77. The monoisotopic (exact) mass is 262 g/mol. The second-order valence-corrected chi connectivity index (χ2v) is 5.09. The quantitative estimate of drug-likeness (QED) is 0.512. The summed E-state index contributed by atoms with van der Waals surface area (Å²) in [6.07, 6.45) is 3.77. The van der Waals surface area contributed by atoms with Crippen LogP contribution in [0.3, 0.4) is 0 Å². The summed E-state index contributed by atoms with van der Waals surface area (Å²) in [6, 6.07) is 12.4. The van der Waals surface area contributed by atoms with Gasteiger partial charge in [0.25, 0.3) is 0 Å². The first-order valence-electron chi connectivity index (χ1n) is 6.64. The Morgan fingerprint density at radius 2 is 1.90 bits per heavy atom. The number of hydrogen-bond donors (Lipinski definition) is 0. The Morgan fingerprint density at radius 1 is 1.05 bits per heavy atom. The van der Waals surface area contributed by atoms with Crippen LogP contribution in [0.5, 0.6) is 0 Å². The van der Waals surface area contributed by atoms with Gasteiger partial charge >= 0.3 is 0 Å². The molecule has 2 aromatic heterocycles. The van der Waals surface area contributed by atoms with E-state index in [2.05, 4.69) is 30.1 Å². The molecule has 0 saturated heterocycles. The third-order valence-corrected chi connectivity index (χ3v) is 3.80. The van der Waals surface area contributed by atoms with E-state index in [1.807, 2.05) is 42.2 Å².